The lowest BCUT2D eigenvalue weighted by Crippen LogP contribution is -2.44. The Balaban J connectivity index is 1.46. The molecule has 1 fully saturated rings. The highest BCUT2D eigenvalue weighted by molar-refractivity contribution is 5.75. The molecule has 0 unspecified atom stereocenters. The van der Waals surface area contributed by atoms with Gasteiger partial charge in [-0.05, 0) is 44.0 Å². The number of hydrogen-bond donors (Lipinski definition) is 2. The lowest BCUT2D eigenvalue weighted by Gasteiger charge is -2.27. The van der Waals surface area contributed by atoms with Gasteiger partial charge in [0.2, 0.25) is 5.91 Å². The molecule has 1 saturated heterocycles. The van der Waals surface area contributed by atoms with Crippen molar-refractivity contribution < 1.29 is 9.53 Å². The Morgan fingerprint density at radius 1 is 1.30 bits per heavy atom. The number of piperazine rings is 1. The molecular formula is C18H29N3O2. The fourth-order valence-corrected chi connectivity index (χ4v) is 2.68. The predicted octanol–water partition coefficient (Wildman–Crippen LogP) is 1.57. The predicted molar refractivity (Wildman–Crippen MR) is 92.8 cm³/mol. The van der Waals surface area contributed by atoms with Gasteiger partial charge in [-0.1, -0.05) is 12.1 Å². The summed E-state index contributed by atoms with van der Waals surface area (Å²) in [5.74, 6) is 1.000. The molecule has 1 aliphatic heterocycles. The van der Waals surface area contributed by atoms with E-state index >= 15 is 0 Å². The van der Waals surface area contributed by atoms with Crippen LogP contribution in [0, 0.1) is 6.92 Å². The Morgan fingerprint density at radius 2 is 2.13 bits per heavy atom. The molecule has 0 aliphatic carbocycles. The highest BCUT2D eigenvalue weighted by atomic mass is 16.5. The fraction of sp³-hybridized carbons (Fsp3) is 0.611. The van der Waals surface area contributed by atoms with Crippen LogP contribution in [0.4, 0.5) is 0 Å². The Bertz CT molecular complexity index is 473. The van der Waals surface area contributed by atoms with Gasteiger partial charge in [-0.2, -0.15) is 0 Å². The number of carbonyl (C=O) groups excluding carboxylic acids is 1. The SMILES string of the molecule is Cc1cccc(OCCCC(=O)NCCCN2CCNCC2)c1. The highest BCUT2D eigenvalue weighted by Gasteiger charge is 2.08. The number of nitrogens with zero attached hydrogens (tertiary/aromatic N) is 1. The Hall–Kier alpha value is -1.59. The molecule has 1 amide bonds. The van der Waals surface area contributed by atoms with Gasteiger partial charge in [-0.15, -0.1) is 0 Å². The van der Waals surface area contributed by atoms with Crippen molar-refractivity contribution in [3.05, 3.63) is 29.8 Å². The molecule has 1 aromatic carbocycles. The minimum Gasteiger partial charge on any atom is -0.494 e. The first-order chi connectivity index (χ1) is 11.2. The maximum absolute atomic E-state index is 11.8. The number of ether oxygens (including phenoxy) is 1. The van der Waals surface area contributed by atoms with Gasteiger partial charge >= 0.3 is 0 Å². The first-order valence-corrected chi connectivity index (χ1v) is 8.63. The number of amides is 1. The quantitative estimate of drug-likeness (QED) is 0.678. The second-order valence-corrected chi connectivity index (χ2v) is 6.06. The zero-order valence-corrected chi connectivity index (χ0v) is 14.1. The summed E-state index contributed by atoms with van der Waals surface area (Å²) >= 11 is 0. The van der Waals surface area contributed by atoms with Crippen LogP contribution < -0.4 is 15.4 Å². The summed E-state index contributed by atoms with van der Waals surface area (Å²) in [6.45, 7) is 8.84. The number of rotatable bonds is 9. The van der Waals surface area contributed by atoms with Gasteiger partial charge in [0.15, 0.2) is 0 Å². The van der Waals surface area contributed by atoms with E-state index in [1.165, 1.54) is 5.56 Å². The largest absolute Gasteiger partial charge is 0.494 e. The van der Waals surface area contributed by atoms with Gasteiger partial charge in [-0.25, -0.2) is 0 Å². The molecule has 23 heavy (non-hydrogen) atoms. The number of benzene rings is 1. The molecule has 1 aliphatic rings. The lowest BCUT2D eigenvalue weighted by atomic mass is 10.2. The molecule has 5 heteroatoms. The Morgan fingerprint density at radius 3 is 2.91 bits per heavy atom. The van der Waals surface area contributed by atoms with Crippen molar-refractivity contribution in [3.8, 4) is 5.75 Å². The van der Waals surface area contributed by atoms with Gasteiger partial charge in [0.1, 0.15) is 5.75 Å². The summed E-state index contributed by atoms with van der Waals surface area (Å²) in [5, 5.41) is 6.34. The smallest absolute Gasteiger partial charge is 0.220 e. The van der Waals surface area contributed by atoms with Crippen molar-refractivity contribution in [2.24, 2.45) is 0 Å². The Kier molecular flexibility index (Phi) is 7.90. The first-order valence-electron chi connectivity index (χ1n) is 8.63. The molecule has 1 aromatic rings. The van der Waals surface area contributed by atoms with E-state index in [0.29, 0.717) is 13.0 Å². The second-order valence-electron chi connectivity index (χ2n) is 6.06. The van der Waals surface area contributed by atoms with Crippen LogP contribution in [0.15, 0.2) is 24.3 Å². The molecule has 2 rings (SSSR count). The molecule has 128 valence electrons. The minimum atomic E-state index is 0.123. The van der Waals surface area contributed by atoms with Crippen LogP contribution in [-0.2, 0) is 4.79 Å². The summed E-state index contributed by atoms with van der Waals surface area (Å²) in [6.07, 6.45) is 2.29. The van der Waals surface area contributed by atoms with E-state index in [1.54, 1.807) is 0 Å². The van der Waals surface area contributed by atoms with E-state index in [1.807, 2.05) is 31.2 Å². The van der Waals surface area contributed by atoms with Crippen LogP contribution >= 0.6 is 0 Å². The van der Waals surface area contributed by atoms with E-state index in [0.717, 1.165) is 57.9 Å². The van der Waals surface area contributed by atoms with Crippen LogP contribution in [0.3, 0.4) is 0 Å². The van der Waals surface area contributed by atoms with Gasteiger partial charge in [-0.3, -0.25) is 4.79 Å². The van der Waals surface area contributed by atoms with E-state index in [-0.39, 0.29) is 5.91 Å². The normalized spacial score (nSPS) is 15.3. The second kappa shape index (κ2) is 10.2. The summed E-state index contributed by atoms with van der Waals surface area (Å²) in [4.78, 5) is 14.2. The molecule has 2 N–H and O–H groups in total. The standard InChI is InChI=1S/C18H29N3O2/c1-16-5-2-6-17(15-16)23-14-3-7-18(22)20-8-4-11-21-12-9-19-10-13-21/h2,5-6,15,19H,3-4,7-14H2,1H3,(H,20,22). The van der Waals surface area contributed by atoms with Gasteiger partial charge in [0.25, 0.3) is 0 Å². The Labute approximate surface area is 139 Å². The molecule has 0 radical (unpaired) electrons. The molecule has 5 nitrogen and oxygen atoms in total. The average molecular weight is 319 g/mol. The number of aryl methyl sites for hydroxylation is 1. The van der Waals surface area contributed by atoms with Crippen molar-refractivity contribution in [1.29, 1.82) is 0 Å². The van der Waals surface area contributed by atoms with Crippen molar-refractivity contribution in [1.82, 2.24) is 15.5 Å². The van der Waals surface area contributed by atoms with E-state index in [9.17, 15) is 4.79 Å². The molecular weight excluding hydrogens is 290 g/mol. The molecule has 0 spiro atoms. The molecule has 0 bridgehead atoms. The van der Waals surface area contributed by atoms with Gasteiger partial charge < -0.3 is 20.3 Å². The number of carbonyl (C=O) groups is 1. The summed E-state index contributed by atoms with van der Waals surface area (Å²) in [5.41, 5.74) is 1.18. The third-order valence-electron chi connectivity index (χ3n) is 3.99. The number of hydrogen-bond acceptors (Lipinski definition) is 4. The number of nitrogens with one attached hydrogen (secondary N) is 2. The fourth-order valence-electron chi connectivity index (χ4n) is 2.68. The van der Waals surface area contributed by atoms with Crippen LogP contribution in [0.25, 0.3) is 0 Å². The summed E-state index contributed by atoms with van der Waals surface area (Å²) in [6, 6.07) is 7.98. The van der Waals surface area contributed by atoms with E-state index < -0.39 is 0 Å². The summed E-state index contributed by atoms with van der Waals surface area (Å²) < 4.78 is 5.65. The van der Waals surface area contributed by atoms with Gasteiger partial charge in [0, 0.05) is 39.1 Å². The van der Waals surface area contributed by atoms with E-state index in [2.05, 4.69) is 15.5 Å². The minimum absolute atomic E-state index is 0.123. The van der Waals surface area contributed by atoms with Crippen LogP contribution in [-0.4, -0.2) is 56.7 Å². The zero-order chi connectivity index (χ0) is 16.3. The first kappa shape index (κ1) is 17.8. The summed E-state index contributed by atoms with van der Waals surface area (Å²) in [7, 11) is 0. The average Bonchev–Trinajstić information content (AvgIpc) is 2.57. The third kappa shape index (κ3) is 7.48. The van der Waals surface area contributed by atoms with Gasteiger partial charge in [0.05, 0.1) is 6.61 Å². The molecule has 1 heterocycles. The van der Waals surface area contributed by atoms with Crippen molar-refractivity contribution >= 4 is 5.91 Å². The van der Waals surface area contributed by atoms with Crippen LogP contribution in [0.2, 0.25) is 0 Å². The third-order valence-corrected chi connectivity index (χ3v) is 3.99. The van der Waals surface area contributed by atoms with Crippen LogP contribution in [0.1, 0.15) is 24.8 Å². The van der Waals surface area contributed by atoms with E-state index in [4.69, 9.17) is 4.74 Å². The molecule has 0 aromatic heterocycles. The van der Waals surface area contributed by atoms with Crippen molar-refractivity contribution in [2.75, 3.05) is 45.9 Å². The van der Waals surface area contributed by atoms with Crippen LogP contribution in [0.5, 0.6) is 5.75 Å². The topological polar surface area (TPSA) is 53.6 Å². The monoisotopic (exact) mass is 319 g/mol. The molecule has 0 saturated carbocycles. The molecule has 0 atom stereocenters. The maximum Gasteiger partial charge on any atom is 0.220 e. The maximum atomic E-state index is 11.8. The lowest BCUT2D eigenvalue weighted by molar-refractivity contribution is -0.121. The highest BCUT2D eigenvalue weighted by Crippen LogP contribution is 2.12. The zero-order valence-electron chi connectivity index (χ0n) is 14.1. The van der Waals surface area contributed by atoms with Crippen molar-refractivity contribution in [3.63, 3.8) is 0 Å². The van der Waals surface area contributed by atoms with Crippen molar-refractivity contribution in [2.45, 2.75) is 26.2 Å².